The van der Waals surface area contributed by atoms with Crippen molar-refractivity contribution < 1.29 is 13.2 Å². The third kappa shape index (κ3) is 2.57. The summed E-state index contributed by atoms with van der Waals surface area (Å²) < 4.78 is 22.7. The number of anilines is 2. The summed E-state index contributed by atoms with van der Waals surface area (Å²) in [7, 11) is -3.71. The maximum atomic E-state index is 11.9. The normalized spacial score (nSPS) is 20.1. The molecule has 7 heteroatoms. The van der Waals surface area contributed by atoms with Crippen LogP contribution in [0, 0.1) is 13.8 Å². The molecule has 1 atom stereocenters. The number of benzene rings is 1. The number of hydrogen-bond acceptors (Lipinski definition) is 4. The molecule has 19 heavy (non-hydrogen) atoms. The van der Waals surface area contributed by atoms with Crippen LogP contribution in [0.5, 0.6) is 0 Å². The first kappa shape index (κ1) is 13.8. The van der Waals surface area contributed by atoms with Gasteiger partial charge in [-0.3, -0.25) is 4.79 Å². The van der Waals surface area contributed by atoms with E-state index >= 15 is 0 Å². The van der Waals surface area contributed by atoms with Crippen LogP contribution >= 0.6 is 0 Å². The van der Waals surface area contributed by atoms with Crippen molar-refractivity contribution >= 4 is 27.3 Å². The van der Waals surface area contributed by atoms with E-state index in [1.54, 1.807) is 12.1 Å². The van der Waals surface area contributed by atoms with Gasteiger partial charge in [0.15, 0.2) is 0 Å². The van der Waals surface area contributed by atoms with E-state index in [0.717, 1.165) is 11.1 Å². The molecule has 0 spiro atoms. The van der Waals surface area contributed by atoms with E-state index in [1.165, 1.54) is 4.90 Å². The molecule has 1 unspecified atom stereocenters. The maximum Gasteiger partial charge on any atom is 0.228 e. The van der Waals surface area contributed by atoms with Gasteiger partial charge in [-0.05, 0) is 37.1 Å². The summed E-state index contributed by atoms with van der Waals surface area (Å²) in [6, 6.07) is 3.58. The summed E-state index contributed by atoms with van der Waals surface area (Å²) in [5.41, 5.74) is 8.95. The van der Waals surface area contributed by atoms with E-state index < -0.39 is 15.3 Å². The molecule has 6 nitrogen and oxygen atoms in total. The fraction of sp³-hybridized carbons (Fsp3) is 0.417. The number of hydrogen-bond donors (Lipinski definition) is 2. The Morgan fingerprint density at radius 2 is 1.84 bits per heavy atom. The van der Waals surface area contributed by atoms with E-state index in [1.807, 2.05) is 13.8 Å². The van der Waals surface area contributed by atoms with E-state index in [9.17, 15) is 13.2 Å². The second kappa shape index (κ2) is 4.50. The molecular formula is C12H17N3O3S. The standard InChI is InChI=1S/C12H17N3O3S/c1-7-3-10(13)11(4-8(7)2)15-6-9(5-12(15)16)19(14,17)18/h3-4,9H,5-6,13H2,1-2H3,(H2,14,17,18). The maximum absolute atomic E-state index is 11.9. The van der Waals surface area contributed by atoms with Crippen LogP contribution in [0.3, 0.4) is 0 Å². The fourth-order valence-corrected chi connectivity index (χ4v) is 2.92. The largest absolute Gasteiger partial charge is 0.397 e. The predicted octanol–water partition coefficient (Wildman–Crippen LogP) is 0.279. The summed E-state index contributed by atoms with van der Waals surface area (Å²) in [6.45, 7) is 3.90. The number of carbonyl (C=O) groups excluding carboxylic acids is 1. The number of amides is 1. The van der Waals surface area contributed by atoms with Gasteiger partial charge >= 0.3 is 0 Å². The smallest absolute Gasteiger partial charge is 0.228 e. The van der Waals surface area contributed by atoms with Gasteiger partial charge in [0, 0.05) is 13.0 Å². The lowest BCUT2D eigenvalue weighted by atomic mass is 10.1. The Morgan fingerprint density at radius 3 is 2.37 bits per heavy atom. The van der Waals surface area contributed by atoms with Crippen LogP contribution < -0.4 is 15.8 Å². The van der Waals surface area contributed by atoms with Crippen molar-refractivity contribution in [3.63, 3.8) is 0 Å². The lowest BCUT2D eigenvalue weighted by molar-refractivity contribution is -0.117. The molecule has 0 bridgehead atoms. The minimum absolute atomic E-state index is 0.0599. The number of primary sulfonamides is 1. The second-order valence-electron chi connectivity index (χ2n) is 4.91. The molecule has 104 valence electrons. The zero-order chi connectivity index (χ0) is 14.4. The number of rotatable bonds is 2. The molecule has 1 aliphatic rings. The molecule has 4 N–H and O–H groups in total. The molecule has 1 amide bonds. The first-order chi connectivity index (χ1) is 8.70. The van der Waals surface area contributed by atoms with Crippen molar-refractivity contribution in [3.05, 3.63) is 23.3 Å². The highest BCUT2D eigenvalue weighted by molar-refractivity contribution is 7.89. The molecule has 0 aromatic heterocycles. The molecule has 1 aromatic rings. The minimum Gasteiger partial charge on any atom is -0.397 e. The second-order valence-corrected chi connectivity index (χ2v) is 6.76. The Hall–Kier alpha value is -1.60. The first-order valence-corrected chi connectivity index (χ1v) is 7.50. The van der Waals surface area contributed by atoms with Gasteiger partial charge in [0.1, 0.15) is 5.25 Å². The molecule has 0 saturated carbocycles. The number of carbonyl (C=O) groups is 1. The average Bonchev–Trinajstić information content (AvgIpc) is 2.65. The van der Waals surface area contributed by atoms with Crippen molar-refractivity contribution in [1.82, 2.24) is 0 Å². The topological polar surface area (TPSA) is 106 Å². The highest BCUT2D eigenvalue weighted by Gasteiger charge is 2.37. The molecule has 0 radical (unpaired) electrons. The van der Waals surface area contributed by atoms with Crippen molar-refractivity contribution in [1.29, 1.82) is 0 Å². The van der Waals surface area contributed by atoms with Gasteiger partial charge in [0.25, 0.3) is 0 Å². The van der Waals surface area contributed by atoms with E-state index in [2.05, 4.69) is 0 Å². The molecule has 1 fully saturated rings. The molecular weight excluding hydrogens is 266 g/mol. The van der Waals surface area contributed by atoms with Crippen LogP contribution in [0.25, 0.3) is 0 Å². The van der Waals surface area contributed by atoms with Crippen LogP contribution in [0.2, 0.25) is 0 Å². The lowest BCUT2D eigenvalue weighted by Crippen LogP contribution is -2.32. The fourth-order valence-electron chi connectivity index (χ4n) is 2.18. The van der Waals surface area contributed by atoms with Crippen molar-refractivity contribution in [2.24, 2.45) is 5.14 Å². The van der Waals surface area contributed by atoms with Gasteiger partial charge in [-0.1, -0.05) is 0 Å². The third-order valence-corrected chi connectivity index (χ3v) is 4.73. The van der Waals surface area contributed by atoms with Crippen LogP contribution in [0.4, 0.5) is 11.4 Å². The van der Waals surface area contributed by atoms with Crippen LogP contribution in [-0.2, 0) is 14.8 Å². The number of aryl methyl sites for hydroxylation is 2. The zero-order valence-electron chi connectivity index (χ0n) is 10.9. The van der Waals surface area contributed by atoms with Gasteiger partial charge in [-0.25, -0.2) is 13.6 Å². The zero-order valence-corrected chi connectivity index (χ0v) is 11.7. The lowest BCUT2D eigenvalue weighted by Gasteiger charge is -2.20. The van der Waals surface area contributed by atoms with E-state index in [4.69, 9.17) is 10.9 Å². The Labute approximate surface area is 112 Å². The SMILES string of the molecule is Cc1cc(N)c(N2CC(S(N)(=O)=O)CC2=O)cc1C. The number of nitrogens with zero attached hydrogens (tertiary/aromatic N) is 1. The van der Waals surface area contributed by atoms with E-state index in [0.29, 0.717) is 11.4 Å². The molecule has 1 aromatic carbocycles. The molecule has 1 aliphatic heterocycles. The average molecular weight is 283 g/mol. The molecule has 2 rings (SSSR count). The van der Waals surface area contributed by atoms with Crippen LogP contribution in [0.1, 0.15) is 17.5 Å². The number of nitrogens with two attached hydrogens (primary N) is 2. The summed E-state index contributed by atoms with van der Waals surface area (Å²) in [5, 5.41) is 4.24. The van der Waals surface area contributed by atoms with Crippen LogP contribution in [-0.4, -0.2) is 26.1 Å². The number of nitrogen functional groups attached to an aromatic ring is 1. The van der Waals surface area contributed by atoms with E-state index in [-0.39, 0.29) is 18.9 Å². The summed E-state index contributed by atoms with van der Waals surface area (Å²) in [6.07, 6.45) is -0.0921. The Morgan fingerprint density at radius 1 is 1.26 bits per heavy atom. The summed E-state index contributed by atoms with van der Waals surface area (Å²) in [4.78, 5) is 13.3. The molecule has 1 saturated heterocycles. The van der Waals surface area contributed by atoms with Crippen molar-refractivity contribution in [2.75, 3.05) is 17.2 Å². The minimum atomic E-state index is -3.71. The highest BCUT2D eigenvalue weighted by Crippen LogP contribution is 2.31. The van der Waals surface area contributed by atoms with Gasteiger partial charge < -0.3 is 10.6 Å². The van der Waals surface area contributed by atoms with Gasteiger partial charge in [0.05, 0.1) is 11.4 Å². The summed E-state index contributed by atoms with van der Waals surface area (Å²) in [5.74, 6) is -0.269. The van der Waals surface area contributed by atoms with Gasteiger partial charge in [-0.2, -0.15) is 0 Å². The van der Waals surface area contributed by atoms with Crippen molar-refractivity contribution in [3.8, 4) is 0 Å². The molecule has 0 aliphatic carbocycles. The van der Waals surface area contributed by atoms with Gasteiger partial charge in [-0.15, -0.1) is 0 Å². The van der Waals surface area contributed by atoms with Gasteiger partial charge in [0.2, 0.25) is 15.9 Å². The quantitative estimate of drug-likeness (QED) is 0.760. The van der Waals surface area contributed by atoms with Crippen LogP contribution in [0.15, 0.2) is 12.1 Å². The Balaban J connectivity index is 2.39. The van der Waals surface area contributed by atoms with Crippen molar-refractivity contribution in [2.45, 2.75) is 25.5 Å². The first-order valence-electron chi connectivity index (χ1n) is 5.89. The number of sulfonamides is 1. The monoisotopic (exact) mass is 283 g/mol. The Bertz CT molecular complexity index is 640. The highest BCUT2D eigenvalue weighted by atomic mass is 32.2. The third-order valence-electron chi connectivity index (χ3n) is 3.49. The molecule has 1 heterocycles. The predicted molar refractivity (Wildman–Crippen MR) is 74.2 cm³/mol. The Kier molecular flexibility index (Phi) is 3.27. The summed E-state index contributed by atoms with van der Waals surface area (Å²) >= 11 is 0.